The Balaban J connectivity index is 1.62. The fraction of sp³-hybridized carbons (Fsp3) is 0.632. The van der Waals surface area contributed by atoms with Gasteiger partial charge in [-0.15, -0.1) is 0 Å². The molecule has 4 bridgehead atoms. The van der Waals surface area contributed by atoms with Gasteiger partial charge in [-0.1, -0.05) is 27.5 Å². The summed E-state index contributed by atoms with van der Waals surface area (Å²) in [7, 11) is 1.61. The third-order valence-electron chi connectivity index (χ3n) is 6.20. The molecule has 5 rings (SSSR count). The molecule has 3 nitrogen and oxygen atoms in total. The zero-order valence-electron chi connectivity index (χ0n) is 14.1. The van der Waals surface area contributed by atoms with Crippen molar-refractivity contribution in [3.05, 3.63) is 22.7 Å². The zero-order chi connectivity index (χ0) is 17.1. The molecule has 4 saturated carbocycles. The Bertz CT molecular complexity index is 691. The van der Waals surface area contributed by atoms with Crippen molar-refractivity contribution in [1.82, 2.24) is 0 Å². The largest absolute Gasteiger partial charge is 0.495 e. The summed E-state index contributed by atoms with van der Waals surface area (Å²) in [6.07, 6.45) is 6.75. The molecule has 4 fully saturated rings. The van der Waals surface area contributed by atoms with E-state index in [0.29, 0.717) is 22.6 Å². The molecule has 2 unspecified atom stereocenters. The maximum Gasteiger partial charge on any atom is 0.230 e. The van der Waals surface area contributed by atoms with Gasteiger partial charge in [0.2, 0.25) is 5.91 Å². The average molecular weight is 413 g/mol. The van der Waals surface area contributed by atoms with Crippen molar-refractivity contribution in [2.75, 3.05) is 12.4 Å². The SMILES string of the molecule is COc1cc(Cl)c(C)cc1NC(=O)C12C[C@@H]3C[C@@H](CC(Br)(C3)C1)C2. The van der Waals surface area contributed by atoms with Gasteiger partial charge in [0.1, 0.15) is 5.75 Å². The molecule has 0 heterocycles. The van der Waals surface area contributed by atoms with Gasteiger partial charge in [0, 0.05) is 15.4 Å². The molecule has 130 valence electrons. The Hall–Kier alpha value is -0.740. The first kappa shape index (κ1) is 16.7. The monoisotopic (exact) mass is 411 g/mol. The van der Waals surface area contributed by atoms with Crippen molar-refractivity contribution < 1.29 is 9.53 Å². The maximum absolute atomic E-state index is 13.3. The lowest BCUT2D eigenvalue weighted by atomic mass is 9.49. The second-order valence-corrected chi connectivity index (χ2v) is 10.2. The van der Waals surface area contributed by atoms with Crippen LogP contribution in [0.3, 0.4) is 0 Å². The molecule has 0 saturated heterocycles. The summed E-state index contributed by atoms with van der Waals surface area (Å²) in [5.41, 5.74) is 1.44. The van der Waals surface area contributed by atoms with Crippen molar-refractivity contribution in [2.45, 2.75) is 49.8 Å². The van der Waals surface area contributed by atoms with Crippen LogP contribution in [0.15, 0.2) is 12.1 Å². The third kappa shape index (κ3) is 2.66. The molecule has 0 spiro atoms. The third-order valence-corrected chi connectivity index (χ3v) is 7.54. The highest BCUT2D eigenvalue weighted by Gasteiger charge is 2.59. The number of anilines is 1. The molecule has 4 aliphatic carbocycles. The van der Waals surface area contributed by atoms with Crippen LogP contribution in [-0.4, -0.2) is 17.3 Å². The summed E-state index contributed by atoms with van der Waals surface area (Å²) >= 11 is 10.2. The normalized spacial score (nSPS) is 36.7. The summed E-state index contributed by atoms with van der Waals surface area (Å²) in [6, 6.07) is 3.68. The molecule has 4 atom stereocenters. The van der Waals surface area contributed by atoms with Crippen LogP contribution in [0.5, 0.6) is 5.75 Å². The minimum absolute atomic E-state index is 0.153. The molecule has 0 radical (unpaired) electrons. The molecular weight excluding hydrogens is 390 g/mol. The number of amides is 1. The van der Waals surface area contributed by atoms with Gasteiger partial charge in [-0.2, -0.15) is 0 Å². The van der Waals surface area contributed by atoms with Gasteiger partial charge in [-0.25, -0.2) is 0 Å². The number of benzene rings is 1. The number of alkyl halides is 1. The van der Waals surface area contributed by atoms with Crippen LogP contribution in [0.25, 0.3) is 0 Å². The second-order valence-electron chi connectivity index (χ2n) is 8.15. The highest BCUT2D eigenvalue weighted by Crippen LogP contribution is 2.64. The molecule has 4 aliphatic rings. The topological polar surface area (TPSA) is 38.3 Å². The fourth-order valence-corrected chi connectivity index (χ4v) is 7.21. The van der Waals surface area contributed by atoms with Gasteiger partial charge in [0.15, 0.2) is 0 Å². The molecular formula is C19H23BrClNO2. The lowest BCUT2D eigenvalue weighted by Crippen LogP contribution is -2.57. The van der Waals surface area contributed by atoms with Gasteiger partial charge in [0.25, 0.3) is 0 Å². The lowest BCUT2D eigenvalue weighted by Gasteiger charge is -2.59. The molecule has 0 aromatic heterocycles. The molecule has 1 aromatic carbocycles. The van der Waals surface area contributed by atoms with E-state index in [1.165, 1.54) is 19.3 Å². The van der Waals surface area contributed by atoms with E-state index < -0.39 is 0 Å². The average Bonchev–Trinajstić information content (AvgIpc) is 2.48. The standard InChI is InChI=1S/C19H23BrClNO2/c1-11-3-15(16(24-2)5-14(11)21)22-17(23)18-6-12-4-13(7-18)9-19(20,8-12)10-18/h3,5,12-13H,4,6-10H2,1-2H3,(H,22,23)/t12-,13+,18?,19?. The lowest BCUT2D eigenvalue weighted by molar-refractivity contribution is -0.138. The Morgan fingerprint density at radius 1 is 1.29 bits per heavy atom. The molecule has 0 aliphatic heterocycles. The van der Waals surface area contributed by atoms with Crippen LogP contribution in [0.2, 0.25) is 5.02 Å². The van der Waals surface area contributed by atoms with Crippen molar-refractivity contribution >= 4 is 39.1 Å². The smallest absolute Gasteiger partial charge is 0.230 e. The molecule has 1 N–H and O–H groups in total. The van der Waals surface area contributed by atoms with Crippen molar-refractivity contribution in [2.24, 2.45) is 17.3 Å². The van der Waals surface area contributed by atoms with Crippen LogP contribution in [0.4, 0.5) is 5.69 Å². The number of carbonyl (C=O) groups excluding carboxylic acids is 1. The van der Waals surface area contributed by atoms with E-state index in [1.807, 2.05) is 13.0 Å². The van der Waals surface area contributed by atoms with Crippen molar-refractivity contribution in [1.29, 1.82) is 0 Å². The van der Waals surface area contributed by atoms with Gasteiger partial charge in [-0.3, -0.25) is 4.79 Å². The number of aryl methyl sites for hydroxylation is 1. The quantitative estimate of drug-likeness (QED) is 0.681. The number of halogens is 2. The summed E-state index contributed by atoms with van der Waals surface area (Å²) < 4.78 is 5.59. The van der Waals surface area contributed by atoms with Crippen LogP contribution >= 0.6 is 27.5 Å². The van der Waals surface area contributed by atoms with Gasteiger partial charge in [0.05, 0.1) is 18.2 Å². The number of nitrogens with one attached hydrogen (secondary N) is 1. The van der Waals surface area contributed by atoms with Crippen molar-refractivity contribution in [3.63, 3.8) is 0 Å². The van der Waals surface area contributed by atoms with E-state index in [9.17, 15) is 4.79 Å². The Labute approximate surface area is 156 Å². The first-order valence-corrected chi connectivity index (χ1v) is 9.84. The predicted molar refractivity (Wildman–Crippen MR) is 100 cm³/mol. The van der Waals surface area contributed by atoms with E-state index in [2.05, 4.69) is 21.2 Å². The number of carbonyl (C=O) groups is 1. The minimum atomic E-state index is -0.230. The molecule has 1 amide bonds. The van der Waals surface area contributed by atoms with Gasteiger partial charge >= 0.3 is 0 Å². The van der Waals surface area contributed by atoms with Crippen LogP contribution < -0.4 is 10.1 Å². The number of hydrogen-bond donors (Lipinski definition) is 1. The first-order valence-electron chi connectivity index (χ1n) is 8.67. The second kappa shape index (κ2) is 5.63. The van der Waals surface area contributed by atoms with Crippen LogP contribution in [0.1, 0.15) is 44.1 Å². The number of methoxy groups -OCH3 is 1. The molecule has 1 aromatic rings. The van der Waals surface area contributed by atoms with Crippen LogP contribution in [-0.2, 0) is 4.79 Å². The van der Waals surface area contributed by atoms with Gasteiger partial charge in [-0.05, 0) is 68.9 Å². The maximum atomic E-state index is 13.3. The van der Waals surface area contributed by atoms with E-state index in [1.54, 1.807) is 13.2 Å². The summed E-state index contributed by atoms with van der Waals surface area (Å²) in [4.78, 5) is 13.3. The van der Waals surface area contributed by atoms with Crippen LogP contribution in [0, 0.1) is 24.2 Å². The van der Waals surface area contributed by atoms with Crippen molar-refractivity contribution in [3.8, 4) is 5.75 Å². The summed E-state index contributed by atoms with van der Waals surface area (Å²) in [6.45, 7) is 1.94. The van der Waals surface area contributed by atoms with Gasteiger partial charge < -0.3 is 10.1 Å². The first-order chi connectivity index (χ1) is 11.3. The fourth-order valence-electron chi connectivity index (χ4n) is 5.60. The Morgan fingerprint density at radius 3 is 2.54 bits per heavy atom. The Morgan fingerprint density at radius 2 is 1.96 bits per heavy atom. The highest BCUT2D eigenvalue weighted by molar-refractivity contribution is 9.10. The van der Waals surface area contributed by atoms with E-state index in [-0.39, 0.29) is 15.6 Å². The zero-order valence-corrected chi connectivity index (χ0v) is 16.5. The minimum Gasteiger partial charge on any atom is -0.495 e. The predicted octanol–water partition coefficient (Wildman–Crippen LogP) is 5.33. The number of rotatable bonds is 3. The summed E-state index contributed by atoms with van der Waals surface area (Å²) in [5, 5.41) is 3.81. The van der Waals surface area contributed by atoms with E-state index in [0.717, 1.165) is 30.5 Å². The molecule has 5 heteroatoms. The molecule has 24 heavy (non-hydrogen) atoms. The van der Waals surface area contributed by atoms with E-state index >= 15 is 0 Å². The summed E-state index contributed by atoms with van der Waals surface area (Å²) in [5.74, 6) is 2.15. The number of ether oxygens (including phenoxy) is 1. The Kier molecular flexibility index (Phi) is 3.92. The number of hydrogen-bond acceptors (Lipinski definition) is 2. The van der Waals surface area contributed by atoms with E-state index in [4.69, 9.17) is 16.3 Å². The highest BCUT2D eigenvalue weighted by atomic mass is 79.9.